The Morgan fingerprint density at radius 2 is 0.661 bits per heavy atom. The first-order valence-corrected chi connectivity index (χ1v) is 37.4. The van der Waals surface area contributed by atoms with Crippen LogP contribution < -0.4 is 25.8 Å². The Labute approximate surface area is 655 Å². The molecule has 4 amide bonds. The SMILES string of the molecule is C#CCOCCC(=O)O.NCCOCCOCCOCCOCCC(=O)CCCC(=O)N1Cc2ccccc2C#Cc2ccccc21.O=C(O)CCCCC(=O)N1Cc2ccccc2C#Cc2ccccc21.O=C(O)CCOCCOCCOCCOCCNC(=O)CCC(=O)N1Cc2ccccc2C#Cc2ccccc21. The smallest absolute Gasteiger partial charge is 0.305 e. The van der Waals surface area contributed by atoms with Crippen LogP contribution in [-0.2, 0) is 101 Å². The van der Waals surface area contributed by atoms with Gasteiger partial charge >= 0.3 is 17.9 Å². The van der Waals surface area contributed by atoms with Crippen molar-refractivity contribution in [3.63, 3.8) is 0 Å². The number of para-hydroxylation sites is 3. The number of rotatable bonds is 45. The normalized spacial score (nSPS) is 11.7. The first kappa shape index (κ1) is 90.0. The molecule has 0 atom stereocenters. The van der Waals surface area contributed by atoms with Gasteiger partial charge in [-0.05, 0) is 90.6 Å². The highest BCUT2D eigenvalue weighted by Crippen LogP contribution is 2.30. The summed E-state index contributed by atoms with van der Waals surface area (Å²) in [6.07, 6.45) is 7.96. The molecule has 3 heterocycles. The summed E-state index contributed by atoms with van der Waals surface area (Å²) in [7, 11) is 0. The van der Waals surface area contributed by atoms with E-state index in [9.17, 15) is 38.4 Å². The molecule has 0 aliphatic carbocycles. The van der Waals surface area contributed by atoms with E-state index in [1.54, 1.807) is 14.7 Å². The lowest BCUT2D eigenvalue weighted by molar-refractivity contribution is -0.139. The van der Waals surface area contributed by atoms with E-state index in [0.717, 1.165) is 67.1 Å². The maximum Gasteiger partial charge on any atom is 0.305 e. The van der Waals surface area contributed by atoms with Crippen LogP contribution in [0.5, 0.6) is 0 Å². The molecule has 0 bridgehead atoms. The lowest BCUT2D eigenvalue weighted by atomic mass is 10.0. The van der Waals surface area contributed by atoms with Crippen molar-refractivity contribution in [2.45, 2.75) is 96.7 Å². The molecule has 0 fully saturated rings. The van der Waals surface area contributed by atoms with Gasteiger partial charge in [-0.1, -0.05) is 132 Å². The Bertz CT molecular complexity index is 4200. The lowest BCUT2D eigenvalue weighted by Crippen LogP contribution is -2.34. The van der Waals surface area contributed by atoms with Crippen LogP contribution in [0.1, 0.15) is 127 Å². The van der Waals surface area contributed by atoms with Gasteiger partial charge < -0.3 is 83.7 Å². The molecule has 25 heteroatoms. The molecule has 3 aliphatic heterocycles. The Morgan fingerprint density at radius 3 is 1.05 bits per heavy atom. The number of hydrogen-bond acceptors (Lipinski definition) is 18. The van der Waals surface area contributed by atoms with E-state index in [-0.39, 0.29) is 81.3 Å². The number of amides is 4. The van der Waals surface area contributed by atoms with Crippen LogP contribution in [-0.4, -0.2) is 195 Å². The minimum atomic E-state index is -0.889. The zero-order chi connectivity index (χ0) is 80.0. The summed E-state index contributed by atoms with van der Waals surface area (Å²) >= 11 is 0. The topological polar surface area (TPSA) is 328 Å². The highest BCUT2D eigenvalue weighted by molar-refractivity contribution is 5.98. The summed E-state index contributed by atoms with van der Waals surface area (Å²) in [5, 5.41) is 28.1. The molecular formula is C87H101N5O20. The van der Waals surface area contributed by atoms with Crippen LogP contribution in [0.15, 0.2) is 146 Å². The number of nitrogens with one attached hydrogen (secondary N) is 1. The van der Waals surface area contributed by atoms with Crippen molar-refractivity contribution in [1.29, 1.82) is 0 Å². The number of nitrogens with zero attached hydrogens (tertiary/aromatic N) is 3. The van der Waals surface area contributed by atoms with Gasteiger partial charge in [0.05, 0.1) is 162 Å². The monoisotopic (exact) mass is 1540 g/mol. The molecule has 0 saturated carbocycles. The zero-order valence-electron chi connectivity index (χ0n) is 63.4. The fourth-order valence-electron chi connectivity index (χ4n) is 11.0. The van der Waals surface area contributed by atoms with Crippen LogP contribution in [0.2, 0.25) is 0 Å². The number of hydrogen-bond donors (Lipinski definition) is 5. The number of fused-ring (bicyclic) bond motifs is 6. The van der Waals surface area contributed by atoms with Crippen LogP contribution in [0.25, 0.3) is 0 Å². The second-order valence-corrected chi connectivity index (χ2v) is 25.0. The number of ketones is 1. The summed E-state index contributed by atoms with van der Waals surface area (Å²) in [5.41, 5.74) is 15.9. The van der Waals surface area contributed by atoms with Gasteiger partial charge in [0, 0.05) is 91.4 Å². The quantitative estimate of drug-likeness (QED) is 0.0176. The molecule has 25 nitrogen and oxygen atoms in total. The minimum absolute atomic E-state index is 0.00339. The highest BCUT2D eigenvalue weighted by atomic mass is 16.6. The second-order valence-electron chi connectivity index (χ2n) is 25.0. The number of terminal acetylenes is 1. The Morgan fingerprint density at radius 1 is 0.348 bits per heavy atom. The van der Waals surface area contributed by atoms with E-state index < -0.39 is 17.9 Å². The van der Waals surface area contributed by atoms with Crippen molar-refractivity contribution in [2.24, 2.45) is 5.73 Å². The molecule has 0 radical (unpaired) electrons. The van der Waals surface area contributed by atoms with Crippen LogP contribution in [0.4, 0.5) is 17.1 Å². The number of aliphatic carboxylic acids is 3. The maximum atomic E-state index is 13.2. The average molecular weight is 1540 g/mol. The molecule has 0 unspecified atom stereocenters. The number of nitrogens with two attached hydrogens (primary N) is 1. The first-order valence-electron chi connectivity index (χ1n) is 37.4. The molecule has 0 saturated heterocycles. The molecule has 3 aliphatic rings. The fraction of sp³-hybridized carbons (Fsp3) is 0.402. The Balaban J connectivity index is 0.000000253. The van der Waals surface area contributed by atoms with Gasteiger partial charge in [0.25, 0.3) is 0 Å². The van der Waals surface area contributed by atoms with Gasteiger partial charge in [0.1, 0.15) is 12.4 Å². The number of carbonyl (C=O) groups excluding carboxylic acids is 5. The molecule has 0 aromatic heterocycles. The third kappa shape index (κ3) is 35.9. The zero-order valence-corrected chi connectivity index (χ0v) is 63.4. The van der Waals surface area contributed by atoms with E-state index in [4.69, 9.17) is 65.4 Å². The predicted octanol–water partition coefficient (Wildman–Crippen LogP) is 9.15. The summed E-state index contributed by atoms with van der Waals surface area (Å²) in [4.78, 5) is 99.9. The largest absolute Gasteiger partial charge is 0.481 e. The van der Waals surface area contributed by atoms with Crippen LogP contribution in [0.3, 0.4) is 0 Å². The molecule has 9 rings (SSSR count). The van der Waals surface area contributed by atoms with Gasteiger partial charge in [-0.2, -0.15) is 0 Å². The van der Waals surface area contributed by atoms with E-state index in [2.05, 4.69) is 51.5 Å². The Kier molecular flexibility index (Phi) is 43.9. The van der Waals surface area contributed by atoms with Crippen molar-refractivity contribution in [2.75, 3.05) is 147 Å². The van der Waals surface area contributed by atoms with Crippen LogP contribution >= 0.6 is 0 Å². The van der Waals surface area contributed by atoms with Gasteiger partial charge in [-0.3, -0.25) is 38.4 Å². The van der Waals surface area contributed by atoms with E-state index in [0.29, 0.717) is 177 Å². The summed E-state index contributed by atoms with van der Waals surface area (Å²) in [6, 6.07) is 46.4. The van der Waals surface area contributed by atoms with Crippen molar-refractivity contribution in [3.05, 3.63) is 196 Å². The minimum Gasteiger partial charge on any atom is -0.481 e. The molecule has 112 heavy (non-hydrogen) atoms. The number of carbonyl (C=O) groups is 8. The third-order valence-corrected chi connectivity index (χ3v) is 16.7. The van der Waals surface area contributed by atoms with Crippen LogP contribution in [0, 0.1) is 47.9 Å². The standard InChI is InChI=1S/C30H36N2O8.C30H38N2O6.C21H19NO3.C6H8O3/c33-28(31-14-16-38-18-20-40-22-21-39-19-17-37-15-13-30(35)36)11-12-29(34)32-23-26-7-2-1-5-24(26)9-10-25-6-3-4-8-27(25)32;31-15-17-36-19-21-38-23-22-37-20-18-35-16-14-28(33)9-5-11-30(34)32-24-27-8-2-1-6-25(27)12-13-26-7-3-4-10-29(26)32;23-20(11-5-6-12-21(24)25)22-15-18-9-2-1-7-16(18)13-14-17-8-3-4-10-19(17)22;1-2-4-9-5-3-6(7)8/h1-8H,11-23H2,(H,31,33)(H,35,36);1-4,6-8,10H,5,9,11,14-24,31H2;1-4,7-10H,5-6,11-12,15H2,(H,24,25);1H,3-5H2,(H,7,8). The summed E-state index contributed by atoms with van der Waals surface area (Å²) < 4.78 is 47.5. The molecule has 6 aromatic carbocycles. The highest BCUT2D eigenvalue weighted by Gasteiger charge is 2.25. The molecule has 594 valence electrons. The van der Waals surface area contributed by atoms with E-state index in [1.807, 2.05) is 146 Å². The molecule has 6 aromatic rings. The first-order chi connectivity index (χ1) is 54.6. The number of carboxylic acid groups (broad SMARTS) is 3. The van der Waals surface area contributed by atoms with Crippen molar-refractivity contribution in [1.82, 2.24) is 5.32 Å². The number of carboxylic acids is 3. The lowest BCUT2D eigenvalue weighted by Gasteiger charge is -2.26. The fourth-order valence-corrected chi connectivity index (χ4v) is 11.0. The van der Waals surface area contributed by atoms with Gasteiger partial charge in [-0.15, -0.1) is 6.42 Å². The van der Waals surface area contributed by atoms with Gasteiger partial charge in [0.15, 0.2) is 0 Å². The number of anilines is 3. The summed E-state index contributed by atoms with van der Waals surface area (Å²) in [5.74, 6) is 18.5. The number of benzene rings is 6. The van der Waals surface area contributed by atoms with Gasteiger partial charge in [-0.25, -0.2) is 0 Å². The molecule has 6 N–H and O–H groups in total. The van der Waals surface area contributed by atoms with Crippen molar-refractivity contribution < 1.29 is 96.3 Å². The van der Waals surface area contributed by atoms with E-state index >= 15 is 0 Å². The predicted molar refractivity (Wildman–Crippen MR) is 422 cm³/mol. The summed E-state index contributed by atoms with van der Waals surface area (Å²) in [6.45, 7) is 9.12. The van der Waals surface area contributed by atoms with Crippen molar-refractivity contribution in [3.8, 4) is 47.9 Å². The van der Waals surface area contributed by atoms with Crippen molar-refractivity contribution >= 4 is 64.4 Å². The molecular weight excluding hydrogens is 1430 g/mol. The number of ether oxygens (including phenoxy) is 9. The maximum absolute atomic E-state index is 13.2. The Hall–Kier alpha value is -10.9. The molecule has 0 spiro atoms. The second kappa shape index (κ2) is 54.7. The third-order valence-electron chi connectivity index (χ3n) is 16.7. The van der Waals surface area contributed by atoms with Gasteiger partial charge in [0.2, 0.25) is 23.6 Å². The average Bonchev–Trinajstić information content (AvgIpc) is 0.818. The number of Topliss-reactive ketones (excluding diaryl/α,β-unsaturated/α-hetero) is 1. The van der Waals surface area contributed by atoms with E-state index in [1.165, 1.54) is 0 Å². The number of unbranched alkanes of at least 4 members (excludes halogenated alkanes) is 1.